The average molecular weight is 364 g/mol. The van der Waals surface area contributed by atoms with Gasteiger partial charge in [0.2, 0.25) is 0 Å². The third kappa shape index (κ3) is 4.55. The Balaban J connectivity index is 1.26. The molecule has 0 unspecified atom stereocenters. The molecule has 0 saturated carbocycles. The molecule has 8 heteroatoms. The fourth-order valence-corrected chi connectivity index (χ4v) is 3.05. The lowest BCUT2D eigenvalue weighted by Crippen LogP contribution is -2.47. The monoisotopic (exact) mass is 364 g/mol. The van der Waals surface area contributed by atoms with Gasteiger partial charge < -0.3 is 4.84 Å². The first-order valence-electron chi connectivity index (χ1n) is 8.82. The molecule has 27 heavy (non-hydrogen) atoms. The molecule has 1 amide bonds. The maximum absolute atomic E-state index is 11.9. The Morgan fingerprint density at radius 3 is 2.78 bits per heavy atom. The van der Waals surface area contributed by atoms with Crippen LogP contribution in [0.25, 0.3) is 10.9 Å². The van der Waals surface area contributed by atoms with Gasteiger partial charge in [0.05, 0.1) is 5.52 Å². The van der Waals surface area contributed by atoms with Crippen molar-refractivity contribution in [2.45, 2.75) is 6.54 Å². The molecule has 4 rings (SSSR count). The Morgan fingerprint density at radius 1 is 1.11 bits per heavy atom. The molecule has 0 bridgehead atoms. The molecule has 1 aliphatic heterocycles. The molecule has 3 heterocycles. The van der Waals surface area contributed by atoms with Crippen LogP contribution in [0.3, 0.4) is 0 Å². The SMILES string of the molecule is O=C(Nc1ccncn1)ON1CCN(Cc2cnc3ccccc3c2)CC1. The molecule has 1 aliphatic rings. The van der Waals surface area contributed by atoms with E-state index < -0.39 is 6.09 Å². The zero-order valence-corrected chi connectivity index (χ0v) is 14.8. The van der Waals surface area contributed by atoms with Gasteiger partial charge in [-0.05, 0) is 23.8 Å². The van der Waals surface area contributed by atoms with E-state index in [1.807, 2.05) is 24.4 Å². The molecule has 0 atom stereocenters. The van der Waals surface area contributed by atoms with Crippen molar-refractivity contribution in [2.24, 2.45) is 0 Å². The predicted octanol–water partition coefficient (Wildman–Crippen LogP) is 2.31. The number of hydroxylamine groups is 2. The lowest BCUT2D eigenvalue weighted by molar-refractivity contribution is -0.119. The van der Waals surface area contributed by atoms with E-state index in [1.54, 1.807) is 17.3 Å². The van der Waals surface area contributed by atoms with Crippen molar-refractivity contribution in [2.75, 3.05) is 31.5 Å². The Bertz CT molecular complexity index is 912. The number of pyridine rings is 1. The second kappa shape index (κ2) is 8.07. The minimum atomic E-state index is -0.541. The van der Waals surface area contributed by atoms with Crippen LogP contribution in [-0.2, 0) is 11.4 Å². The number of hydrogen-bond acceptors (Lipinski definition) is 7. The Morgan fingerprint density at radius 2 is 1.96 bits per heavy atom. The number of benzene rings is 1. The molecule has 1 fully saturated rings. The summed E-state index contributed by atoms with van der Waals surface area (Å²) in [6.45, 7) is 3.76. The molecule has 3 aromatic rings. The molecule has 0 spiro atoms. The van der Waals surface area contributed by atoms with Crippen molar-refractivity contribution in [3.8, 4) is 0 Å². The van der Waals surface area contributed by atoms with Crippen molar-refractivity contribution < 1.29 is 9.63 Å². The fourth-order valence-electron chi connectivity index (χ4n) is 3.05. The van der Waals surface area contributed by atoms with Gasteiger partial charge in [0.15, 0.2) is 0 Å². The highest BCUT2D eigenvalue weighted by molar-refractivity contribution is 5.82. The van der Waals surface area contributed by atoms with Crippen LogP contribution < -0.4 is 5.32 Å². The van der Waals surface area contributed by atoms with Gasteiger partial charge in [-0.15, -0.1) is 5.06 Å². The van der Waals surface area contributed by atoms with Crippen molar-refractivity contribution >= 4 is 22.8 Å². The van der Waals surface area contributed by atoms with E-state index in [-0.39, 0.29) is 0 Å². The zero-order chi connectivity index (χ0) is 18.5. The molecule has 8 nitrogen and oxygen atoms in total. The van der Waals surface area contributed by atoms with Crippen LogP contribution in [0.5, 0.6) is 0 Å². The third-order valence-electron chi connectivity index (χ3n) is 4.41. The fraction of sp³-hybridized carbons (Fsp3) is 0.263. The molecular formula is C19H20N6O2. The minimum Gasteiger partial charge on any atom is -0.351 e. The standard InChI is InChI=1S/C19H20N6O2/c26-19(23-18-5-6-20-14-22-18)27-25-9-7-24(8-10-25)13-15-11-16-3-1-2-4-17(16)21-12-15/h1-6,11-12,14H,7-10,13H2,(H,20,22,23,26). The summed E-state index contributed by atoms with van der Waals surface area (Å²) in [5, 5.41) is 5.41. The smallest absolute Gasteiger partial charge is 0.351 e. The second-order valence-electron chi connectivity index (χ2n) is 6.34. The summed E-state index contributed by atoms with van der Waals surface area (Å²) in [4.78, 5) is 31.8. The van der Waals surface area contributed by atoms with Crippen molar-refractivity contribution in [1.82, 2.24) is 24.9 Å². The summed E-state index contributed by atoms with van der Waals surface area (Å²) in [7, 11) is 0. The molecule has 0 aliphatic carbocycles. The van der Waals surface area contributed by atoms with E-state index >= 15 is 0 Å². The van der Waals surface area contributed by atoms with Crippen molar-refractivity contribution in [3.63, 3.8) is 0 Å². The number of piperazine rings is 1. The van der Waals surface area contributed by atoms with E-state index in [0.29, 0.717) is 18.9 Å². The molecule has 1 aromatic carbocycles. The first-order chi connectivity index (χ1) is 13.3. The maximum Gasteiger partial charge on any atom is 0.431 e. The number of nitrogens with zero attached hydrogens (tertiary/aromatic N) is 5. The van der Waals surface area contributed by atoms with Crippen LogP contribution in [0.2, 0.25) is 0 Å². The molecule has 1 N–H and O–H groups in total. The Kier molecular flexibility index (Phi) is 5.17. The lowest BCUT2D eigenvalue weighted by atomic mass is 10.1. The number of anilines is 1. The number of carbonyl (C=O) groups excluding carboxylic acids is 1. The largest absolute Gasteiger partial charge is 0.431 e. The zero-order valence-electron chi connectivity index (χ0n) is 14.8. The topological polar surface area (TPSA) is 83.5 Å². The summed E-state index contributed by atoms with van der Waals surface area (Å²) in [6, 6.07) is 11.9. The lowest BCUT2D eigenvalue weighted by Gasteiger charge is -2.33. The highest BCUT2D eigenvalue weighted by atomic mass is 16.7. The molecule has 0 radical (unpaired) electrons. The van der Waals surface area contributed by atoms with Crippen LogP contribution in [-0.4, -0.2) is 57.2 Å². The first kappa shape index (κ1) is 17.3. The number of amides is 1. The molecule has 2 aromatic heterocycles. The van der Waals surface area contributed by atoms with Gasteiger partial charge in [0.1, 0.15) is 12.1 Å². The number of rotatable bonds is 4. The van der Waals surface area contributed by atoms with Crippen LogP contribution in [0, 0.1) is 0 Å². The Labute approximate surface area is 156 Å². The van der Waals surface area contributed by atoms with Crippen LogP contribution in [0.4, 0.5) is 10.6 Å². The third-order valence-corrected chi connectivity index (χ3v) is 4.41. The van der Waals surface area contributed by atoms with E-state index in [1.165, 1.54) is 11.9 Å². The van der Waals surface area contributed by atoms with Crippen molar-refractivity contribution in [1.29, 1.82) is 0 Å². The summed E-state index contributed by atoms with van der Waals surface area (Å²) >= 11 is 0. The highest BCUT2D eigenvalue weighted by Gasteiger charge is 2.20. The van der Waals surface area contributed by atoms with E-state index in [9.17, 15) is 4.79 Å². The van der Waals surface area contributed by atoms with E-state index in [2.05, 4.69) is 37.3 Å². The number of carbonyl (C=O) groups is 1. The van der Waals surface area contributed by atoms with Crippen LogP contribution >= 0.6 is 0 Å². The molecular weight excluding hydrogens is 344 g/mol. The van der Waals surface area contributed by atoms with Crippen LogP contribution in [0.1, 0.15) is 5.56 Å². The van der Waals surface area contributed by atoms with Gasteiger partial charge in [-0.25, -0.2) is 14.8 Å². The van der Waals surface area contributed by atoms with Crippen molar-refractivity contribution in [3.05, 3.63) is 60.7 Å². The number of hydrogen-bond donors (Lipinski definition) is 1. The van der Waals surface area contributed by atoms with Gasteiger partial charge >= 0.3 is 6.09 Å². The minimum absolute atomic E-state index is 0.414. The normalized spacial score (nSPS) is 15.6. The molecule has 1 saturated heterocycles. The van der Waals surface area contributed by atoms with E-state index in [4.69, 9.17) is 4.84 Å². The number of aromatic nitrogens is 3. The maximum atomic E-state index is 11.9. The van der Waals surface area contributed by atoms with Gasteiger partial charge in [-0.2, -0.15) is 0 Å². The number of nitrogens with one attached hydrogen (secondary N) is 1. The molecule has 138 valence electrons. The quantitative estimate of drug-likeness (QED) is 0.760. The van der Waals surface area contributed by atoms with Gasteiger partial charge in [-0.3, -0.25) is 15.2 Å². The summed E-state index contributed by atoms with van der Waals surface area (Å²) in [6.07, 6.45) is 4.32. The average Bonchev–Trinajstić information content (AvgIpc) is 2.70. The number of para-hydroxylation sites is 1. The summed E-state index contributed by atoms with van der Waals surface area (Å²) in [5.74, 6) is 0.414. The second-order valence-corrected chi connectivity index (χ2v) is 6.34. The van der Waals surface area contributed by atoms with Crippen LogP contribution in [0.15, 0.2) is 55.1 Å². The highest BCUT2D eigenvalue weighted by Crippen LogP contribution is 2.15. The van der Waals surface area contributed by atoms with Gasteiger partial charge in [0.25, 0.3) is 0 Å². The summed E-state index contributed by atoms with van der Waals surface area (Å²) in [5.41, 5.74) is 2.19. The Hall–Kier alpha value is -3.10. The summed E-state index contributed by atoms with van der Waals surface area (Å²) < 4.78 is 0. The van der Waals surface area contributed by atoms with Gasteiger partial charge in [0, 0.05) is 50.5 Å². The van der Waals surface area contributed by atoms with Gasteiger partial charge in [-0.1, -0.05) is 18.2 Å². The predicted molar refractivity (Wildman–Crippen MR) is 101 cm³/mol. The number of fused-ring (bicyclic) bond motifs is 1. The van der Waals surface area contributed by atoms with E-state index in [0.717, 1.165) is 30.5 Å². The first-order valence-corrected chi connectivity index (χ1v) is 8.82.